The lowest BCUT2D eigenvalue weighted by molar-refractivity contribution is 0.0670. The fourth-order valence-corrected chi connectivity index (χ4v) is 2.49. The van der Waals surface area contributed by atoms with Crippen LogP contribution in [0.3, 0.4) is 0 Å². The second kappa shape index (κ2) is 8.12. The van der Waals surface area contributed by atoms with Gasteiger partial charge in [0.1, 0.15) is 0 Å². The van der Waals surface area contributed by atoms with Gasteiger partial charge in [-0.25, -0.2) is 0 Å². The third-order valence-corrected chi connectivity index (χ3v) is 3.48. The second-order valence-electron chi connectivity index (χ2n) is 5.19. The molecule has 0 saturated carbocycles. The van der Waals surface area contributed by atoms with Crippen molar-refractivity contribution < 1.29 is 14.2 Å². The zero-order valence-corrected chi connectivity index (χ0v) is 12.5. The first-order valence-corrected chi connectivity index (χ1v) is 7.39. The zero-order valence-electron chi connectivity index (χ0n) is 12.5. The highest BCUT2D eigenvalue weighted by Gasteiger charge is 2.14. The largest absolute Gasteiger partial charge is 0.493 e. The maximum Gasteiger partial charge on any atom is 0.161 e. The summed E-state index contributed by atoms with van der Waals surface area (Å²) < 4.78 is 16.7. The quantitative estimate of drug-likeness (QED) is 0.749. The molecule has 0 spiro atoms. The Bertz CT molecular complexity index is 397. The first kappa shape index (κ1) is 15.1. The number of para-hydroxylation sites is 2. The number of hydrogen-bond acceptors (Lipinski definition) is 4. The zero-order chi connectivity index (χ0) is 14.2. The van der Waals surface area contributed by atoms with Crippen LogP contribution in [-0.4, -0.2) is 51.0 Å². The Hall–Kier alpha value is -1.26. The second-order valence-corrected chi connectivity index (χ2v) is 5.19. The lowest BCUT2D eigenvalue weighted by Crippen LogP contribution is -2.31. The van der Waals surface area contributed by atoms with Crippen LogP contribution in [0.15, 0.2) is 24.3 Å². The Labute approximate surface area is 121 Å². The van der Waals surface area contributed by atoms with Crippen molar-refractivity contribution in [2.24, 2.45) is 0 Å². The van der Waals surface area contributed by atoms with Crippen LogP contribution >= 0.6 is 0 Å². The molecule has 1 heterocycles. The molecule has 0 radical (unpaired) electrons. The summed E-state index contributed by atoms with van der Waals surface area (Å²) in [7, 11) is 1.67. The van der Waals surface area contributed by atoms with E-state index in [9.17, 15) is 0 Å². The SMILES string of the molecule is COc1ccccc1OCCCN1CCCO[C@H](C)C1. The van der Waals surface area contributed by atoms with Crippen LogP contribution in [0.5, 0.6) is 11.5 Å². The van der Waals surface area contributed by atoms with Crippen LogP contribution in [0.2, 0.25) is 0 Å². The average Bonchev–Trinajstić information content (AvgIpc) is 2.68. The van der Waals surface area contributed by atoms with Crippen LogP contribution in [0.1, 0.15) is 19.8 Å². The van der Waals surface area contributed by atoms with Gasteiger partial charge in [-0.05, 0) is 31.9 Å². The summed E-state index contributed by atoms with van der Waals surface area (Å²) in [5, 5.41) is 0. The number of hydrogen-bond donors (Lipinski definition) is 0. The van der Waals surface area contributed by atoms with E-state index in [4.69, 9.17) is 14.2 Å². The highest BCUT2D eigenvalue weighted by atomic mass is 16.5. The van der Waals surface area contributed by atoms with E-state index in [1.165, 1.54) is 0 Å². The summed E-state index contributed by atoms with van der Waals surface area (Å²) >= 11 is 0. The highest BCUT2D eigenvalue weighted by Crippen LogP contribution is 2.25. The van der Waals surface area contributed by atoms with Gasteiger partial charge in [0.25, 0.3) is 0 Å². The maximum absolute atomic E-state index is 5.79. The molecule has 4 nitrogen and oxygen atoms in total. The standard InChI is InChI=1S/C16H25NO3/c1-14-13-17(9-5-11-19-14)10-6-12-20-16-8-4-3-7-15(16)18-2/h3-4,7-8,14H,5-6,9-13H2,1-2H3/t14-/m1/s1. The average molecular weight is 279 g/mol. The molecular weight excluding hydrogens is 254 g/mol. The molecule has 1 fully saturated rings. The summed E-state index contributed by atoms with van der Waals surface area (Å²) in [5.41, 5.74) is 0. The minimum atomic E-state index is 0.340. The lowest BCUT2D eigenvalue weighted by Gasteiger charge is -2.21. The third-order valence-electron chi connectivity index (χ3n) is 3.48. The van der Waals surface area contributed by atoms with E-state index in [1.807, 2.05) is 24.3 Å². The molecule has 20 heavy (non-hydrogen) atoms. The van der Waals surface area contributed by atoms with E-state index in [-0.39, 0.29) is 0 Å². The monoisotopic (exact) mass is 279 g/mol. The van der Waals surface area contributed by atoms with Crippen LogP contribution in [-0.2, 0) is 4.74 Å². The van der Waals surface area contributed by atoms with E-state index in [1.54, 1.807) is 7.11 Å². The number of ether oxygens (including phenoxy) is 3. The lowest BCUT2D eigenvalue weighted by atomic mass is 10.3. The molecule has 1 atom stereocenters. The van der Waals surface area contributed by atoms with Crippen molar-refractivity contribution in [2.75, 3.05) is 40.0 Å². The normalized spacial score (nSPS) is 20.4. The van der Waals surface area contributed by atoms with Crippen molar-refractivity contribution in [3.05, 3.63) is 24.3 Å². The van der Waals surface area contributed by atoms with Crippen LogP contribution in [0.4, 0.5) is 0 Å². The number of nitrogens with zero attached hydrogens (tertiary/aromatic N) is 1. The van der Waals surface area contributed by atoms with Gasteiger partial charge < -0.3 is 19.1 Å². The fourth-order valence-electron chi connectivity index (χ4n) is 2.49. The van der Waals surface area contributed by atoms with E-state index < -0.39 is 0 Å². The van der Waals surface area contributed by atoms with Gasteiger partial charge >= 0.3 is 0 Å². The number of rotatable bonds is 6. The molecule has 112 valence electrons. The summed E-state index contributed by atoms with van der Waals surface area (Å²) in [5.74, 6) is 1.62. The number of benzene rings is 1. The molecular formula is C16H25NO3. The van der Waals surface area contributed by atoms with Crippen LogP contribution in [0, 0.1) is 0 Å². The van der Waals surface area contributed by atoms with E-state index in [0.29, 0.717) is 12.7 Å². The van der Waals surface area contributed by atoms with Gasteiger partial charge in [0.15, 0.2) is 11.5 Å². The predicted octanol–water partition coefficient (Wildman–Crippen LogP) is 2.57. The van der Waals surface area contributed by atoms with Gasteiger partial charge in [-0.2, -0.15) is 0 Å². The fraction of sp³-hybridized carbons (Fsp3) is 0.625. The topological polar surface area (TPSA) is 30.9 Å². The Balaban J connectivity index is 1.70. The summed E-state index contributed by atoms with van der Waals surface area (Å²) in [6, 6.07) is 7.78. The van der Waals surface area contributed by atoms with Crippen molar-refractivity contribution in [3.63, 3.8) is 0 Å². The Morgan fingerprint density at radius 2 is 2.10 bits per heavy atom. The Kier molecular flexibility index (Phi) is 6.15. The van der Waals surface area contributed by atoms with Gasteiger partial charge in [0.05, 0.1) is 19.8 Å². The Morgan fingerprint density at radius 3 is 2.90 bits per heavy atom. The van der Waals surface area contributed by atoms with Gasteiger partial charge in [-0.3, -0.25) is 0 Å². The summed E-state index contributed by atoms with van der Waals surface area (Å²) in [4.78, 5) is 2.46. The van der Waals surface area contributed by atoms with E-state index >= 15 is 0 Å². The Morgan fingerprint density at radius 1 is 1.30 bits per heavy atom. The van der Waals surface area contributed by atoms with Gasteiger partial charge in [0, 0.05) is 26.2 Å². The van der Waals surface area contributed by atoms with Crippen molar-refractivity contribution in [2.45, 2.75) is 25.9 Å². The van der Waals surface area contributed by atoms with Gasteiger partial charge in [-0.1, -0.05) is 12.1 Å². The molecule has 1 saturated heterocycles. The highest BCUT2D eigenvalue weighted by molar-refractivity contribution is 5.39. The smallest absolute Gasteiger partial charge is 0.161 e. The molecule has 0 bridgehead atoms. The molecule has 1 aliphatic heterocycles. The first-order chi connectivity index (χ1) is 9.79. The minimum absolute atomic E-state index is 0.340. The van der Waals surface area contributed by atoms with Gasteiger partial charge in [0.2, 0.25) is 0 Å². The molecule has 0 amide bonds. The molecule has 0 aliphatic carbocycles. The molecule has 1 aromatic rings. The molecule has 0 aromatic heterocycles. The predicted molar refractivity (Wildman–Crippen MR) is 79.6 cm³/mol. The molecule has 1 aliphatic rings. The van der Waals surface area contributed by atoms with Crippen molar-refractivity contribution in [3.8, 4) is 11.5 Å². The molecule has 2 rings (SSSR count). The summed E-state index contributed by atoms with van der Waals surface area (Å²) in [6.07, 6.45) is 2.48. The molecule has 0 unspecified atom stereocenters. The molecule has 4 heteroatoms. The molecule has 1 aromatic carbocycles. The third kappa shape index (κ3) is 4.69. The maximum atomic E-state index is 5.79. The van der Waals surface area contributed by atoms with Crippen molar-refractivity contribution in [1.82, 2.24) is 4.90 Å². The van der Waals surface area contributed by atoms with Gasteiger partial charge in [-0.15, -0.1) is 0 Å². The van der Waals surface area contributed by atoms with Crippen molar-refractivity contribution in [1.29, 1.82) is 0 Å². The minimum Gasteiger partial charge on any atom is -0.493 e. The van der Waals surface area contributed by atoms with E-state index in [0.717, 1.165) is 50.6 Å². The summed E-state index contributed by atoms with van der Waals surface area (Å²) in [6.45, 7) is 6.95. The van der Waals surface area contributed by atoms with Crippen molar-refractivity contribution >= 4 is 0 Å². The number of methoxy groups -OCH3 is 1. The molecule has 0 N–H and O–H groups in total. The van der Waals surface area contributed by atoms with E-state index in [2.05, 4.69) is 11.8 Å². The van der Waals surface area contributed by atoms with Crippen LogP contribution in [0.25, 0.3) is 0 Å². The first-order valence-electron chi connectivity index (χ1n) is 7.39. The van der Waals surface area contributed by atoms with Crippen LogP contribution < -0.4 is 9.47 Å².